The third-order valence-corrected chi connectivity index (χ3v) is 2.65. The molecule has 2 rings (SSSR count). The van der Waals surface area contributed by atoms with E-state index in [1.165, 1.54) is 0 Å². The van der Waals surface area contributed by atoms with Crippen LogP contribution in [0.15, 0.2) is 30.2 Å². The quantitative estimate of drug-likeness (QED) is 0.426. The lowest BCUT2D eigenvalue weighted by Gasteiger charge is -2.14. The van der Waals surface area contributed by atoms with Gasteiger partial charge in [0.2, 0.25) is 6.33 Å². The molecule has 112 valence electrons. The number of hydrogen-bond donors (Lipinski definition) is 3. The van der Waals surface area contributed by atoms with E-state index in [-0.39, 0.29) is 0 Å². The van der Waals surface area contributed by atoms with Gasteiger partial charge in [0.15, 0.2) is 6.10 Å². The highest BCUT2D eigenvalue weighted by atomic mass is 16.6. The maximum Gasteiger partial charge on any atom is 0.327 e. The van der Waals surface area contributed by atoms with Gasteiger partial charge < -0.3 is 25.2 Å². The predicted molar refractivity (Wildman–Crippen MR) is 63.9 cm³/mol. The topological polar surface area (TPSA) is 119 Å². The Balaban J connectivity index is 0.000000217. The van der Waals surface area contributed by atoms with Crippen LogP contribution in [-0.4, -0.2) is 44.7 Å². The van der Waals surface area contributed by atoms with Gasteiger partial charge in [0.1, 0.15) is 24.3 Å². The largest absolute Gasteiger partial charge is 0.865 e. The first-order chi connectivity index (χ1) is 9.40. The van der Waals surface area contributed by atoms with Crippen molar-refractivity contribution in [2.75, 3.05) is 6.61 Å². The molecule has 1 aliphatic heterocycles. The second-order valence-corrected chi connectivity index (χ2v) is 4.20. The molecular formula is C12H18N2O6. The summed E-state index contributed by atoms with van der Waals surface area (Å²) in [6, 6.07) is 0. The van der Waals surface area contributed by atoms with Crippen LogP contribution in [0.25, 0.3) is 0 Å². The van der Waals surface area contributed by atoms with Crippen molar-refractivity contribution in [2.45, 2.75) is 25.7 Å². The number of aliphatic hydroxyl groups is 3. The van der Waals surface area contributed by atoms with Gasteiger partial charge in [0.05, 0.1) is 20.2 Å². The van der Waals surface area contributed by atoms with Gasteiger partial charge in [-0.3, -0.25) is 0 Å². The van der Waals surface area contributed by atoms with Crippen molar-refractivity contribution in [3.05, 3.63) is 30.2 Å². The van der Waals surface area contributed by atoms with Gasteiger partial charge in [-0.1, -0.05) is 0 Å². The zero-order valence-corrected chi connectivity index (χ0v) is 11.3. The van der Waals surface area contributed by atoms with Crippen LogP contribution < -0.4 is 9.67 Å². The fourth-order valence-corrected chi connectivity index (χ4v) is 1.50. The lowest BCUT2D eigenvalue weighted by molar-refractivity contribution is -0.671. The lowest BCUT2D eigenvalue weighted by Crippen LogP contribution is -2.31. The molecule has 0 fully saturated rings. The molecule has 8 heteroatoms. The molecule has 0 amide bonds. The normalized spacial score (nSPS) is 19.4. The van der Waals surface area contributed by atoms with E-state index in [0.29, 0.717) is 0 Å². The van der Waals surface area contributed by atoms with Crippen molar-refractivity contribution < 1.29 is 34.5 Å². The van der Waals surface area contributed by atoms with E-state index in [2.05, 4.69) is 28.8 Å². The zero-order valence-electron chi connectivity index (χ0n) is 11.3. The van der Waals surface area contributed by atoms with Gasteiger partial charge in [-0.2, -0.15) is 0 Å². The number of cyclic esters (lactones) is 1. The molecule has 0 saturated carbocycles. The first-order valence-corrected chi connectivity index (χ1v) is 6.01. The van der Waals surface area contributed by atoms with Crippen LogP contribution in [0, 0.1) is 0 Å². The molecule has 0 unspecified atom stereocenters. The fraction of sp³-hybridized carbons (Fsp3) is 0.500. The van der Waals surface area contributed by atoms with Gasteiger partial charge in [0.25, 0.3) is 0 Å². The monoisotopic (exact) mass is 286 g/mol. The number of carbonyl (C=O) groups is 1. The van der Waals surface area contributed by atoms with Gasteiger partial charge in [0, 0.05) is 5.76 Å². The summed E-state index contributed by atoms with van der Waals surface area (Å²) in [7, 11) is 2.02. The lowest BCUT2D eigenvalue weighted by atomic mass is 10.2. The summed E-state index contributed by atoms with van der Waals surface area (Å²) >= 11 is 0. The maximum atomic E-state index is 10.6. The molecule has 3 N–H and O–H groups in total. The number of aromatic nitrogens is 2. The summed E-state index contributed by atoms with van der Waals surface area (Å²) in [5.74, 6) is -3.25. The van der Waals surface area contributed by atoms with Crippen molar-refractivity contribution in [1.82, 2.24) is 4.57 Å². The molecule has 0 saturated heterocycles. The van der Waals surface area contributed by atoms with Gasteiger partial charge in [-0.15, -0.1) is 0 Å². The number of nitrogens with zero attached hydrogens (tertiary/aromatic N) is 2. The summed E-state index contributed by atoms with van der Waals surface area (Å²) in [5.41, 5.74) is 0. The van der Waals surface area contributed by atoms with E-state index in [4.69, 9.17) is 15.3 Å². The first kappa shape index (κ1) is 16.0. The molecule has 8 nitrogen and oxygen atoms in total. The Bertz CT molecular complexity index is 496. The van der Waals surface area contributed by atoms with Crippen molar-refractivity contribution in [3.63, 3.8) is 0 Å². The van der Waals surface area contributed by atoms with Gasteiger partial charge in [-0.05, 0) is 6.92 Å². The van der Waals surface area contributed by atoms with E-state index >= 15 is 0 Å². The highest BCUT2D eigenvalue weighted by molar-refractivity contribution is 5.88. The third-order valence-electron chi connectivity index (χ3n) is 2.65. The van der Waals surface area contributed by atoms with E-state index in [1.807, 2.05) is 17.8 Å². The van der Waals surface area contributed by atoms with Crippen LogP contribution in [0.3, 0.4) is 0 Å². The Labute approximate surface area is 115 Å². The van der Waals surface area contributed by atoms with Crippen molar-refractivity contribution in [3.8, 4) is 0 Å². The third kappa shape index (κ3) is 3.72. The number of aryl methyl sites for hydroxylation is 2. The Morgan fingerprint density at radius 1 is 1.60 bits per heavy atom. The average molecular weight is 286 g/mol. The molecule has 0 radical (unpaired) electrons. The Kier molecular flexibility index (Phi) is 5.53. The first-order valence-electron chi connectivity index (χ1n) is 6.01. The van der Waals surface area contributed by atoms with Crippen molar-refractivity contribution >= 4 is 5.97 Å². The number of ether oxygens (including phenoxy) is 1. The summed E-state index contributed by atoms with van der Waals surface area (Å²) in [6.07, 6.45) is 3.26. The average Bonchev–Trinajstić information content (AvgIpc) is 2.97. The van der Waals surface area contributed by atoms with Crippen LogP contribution >= 0.6 is 0 Å². The van der Waals surface area contributed by atoms with Crippen LogP contribution in [0.4, 0.5) is 0 Å². The minimum absolute atomic E-state index is 0.699. The number of carbonyl (C=O) groups excluding carboxylic acids is 1. The van der Waals surface area contributed by atoms with E-state index < -0.39 is 36.3 Å². The molecule has 20 heavy (non-hydrogen) atoms. The zero-order chi connectivity index (χ0) is 15.3. The molecule has 2 heterocycles. The molecule has 2 atom stereocenters. The minimum Gasteiger partial charge on any atom is -0.865 e. The number of imidazole rings is 1. The van der Waals surface area contributed by atoms with Crippen LogP contribution in [0.5, 0.6) is 0 Å². The van der Waals surface area contributed by atoms with Gasteiger partial charge in [-0.25, -0.2) is 13.9 Å². The molecule has 0 spiro atoms. The number of esters is 1. The summed E-state index contributed by atoms with van der Waals surface area (Å²) < 4.78 is 8.41. The molecule has 1 aromatic heterocycles. The molecule has 1 aromatic rings. The van der Waals surface area contributed by atoms with E-state index in [1.54, 1.807) is 0 Å². The van der Waals surface area contributed by atoms with Crippen LogP contribution in [0.2, 0.25) is 0 Å². The smallest absolute Gasteiger partial charge is 0.327 e. The number of rotatable bonds is 3. The Hall–Kier alpha value is -2.06. The molecule has 1 aliphatic rings. The number of aliphatic hydroxyl groups excluding tert-OH is 3. The Morgan fingerprint density at radius 2 is 2.25 bits per heavy atom. The van der Waals surface area contributed by atoms with Crippen LogP contribution in [-0.2, 0) is 23.1 Å². The van der Waals surface area contributed by atoms with Crippen molar-refractivity contribution in [2.24, 2.45) is 7.05 Å². The van der Waals surface area contributed by atoms with Gasteiger partial charge >= 0.3 is 5.97 Å². The molecular weight excluding hydrogens is 268 g/mol. The second kappa shape index (κ2) is 6.92. The SMILES string of the molecule is CCn1cc[n+](C)c1.O=C1O[C@H]([C@@H](O)CO)C(O)=C1[O-]. The maximum absolute atomic E-state index is 10.6. The van der Waals surface area contributed by atoms with Crippen LogP contribution in [0.1, 0.15) is 6.92 Å². The van der Waals surface area contributed by atoms with E-state index in [0.717, 1.165) is 6.54 Å². The Morgan fingerprint density at radius 3 is 2.55 bits per heavy atom. The highest BCUT2D eigenvalue weighted by Gasteiger charge is 2.34. The minimum atomic E-state index is -1.46. The predicted octanol–water partition coefficient (Wildman–Crippen LogP) is -2.27. The highest BCUT2D eigenvalue weighted by Crippen LogP contribution is 2.19. The second-order valence-electron chi connectivity index (χ2n) is 4.20. The summed E-state index contributed by atoms with van der Waals surface area (Å²) in [5, 5.41) is 36.8. The van der Waals surface area contributed by atoms with E-state index in [9.17, 15) is 9.90 Å². The number of hydrogen-bond acceptors (Lipinski definition) is 6. The molecule has 0 aliphatic carbocycles. The molecule has 0 aromatic carbocycles. The van der Waals surface area contributed by atoms with Crippen molar-refractivity contribution in [1.29, 1.82) is 0 Å². The summed E-state index contributed by atoms with van der Waals surface area (Å²) in [6.45, 7) is 2.48. The standard InChI is InChI=1S/C6H11N2.C6H8O6/c1-3-8-5-4-7(2)6-8;7-1-2(8)5-3(9)4(10)6(11)12-5/h4-6H,3H2,1-2H3;2,5,7-10H,1H2/q+1;/p-1/t;2-,5+/m.0/s1. The fourth-order valence-electron chi connectivity index (χ4n) is 1.50. The summed E-state index contributed by atoms with van der Waals surface area (Å²) in [4.78, 5) is 10.5. The molecule has 0 bridgehead atoms.